The predicted molar refractivity (Wildman–Crippen MR) is 80.2 cm³/mol. The fourth-order valence-electron chi connectivity index (χ4n) is 1.92. The monoisotopic (exact) mass is 293 g/mol. The number of esters is 1. The van der Waals surface area contributed by atoms with E-state index in [1.165, 1.54) is 7.11 Å². The molecule has 5 heteroatoms. The van der Waals surface area contributed by atoms with Gasteiger partial charge in [-0.2, -0.15) is 0 Å². The standard InChI is InChI=1S/C16H23NO4/c1-4-21-14-8-6-5-7-13(14)9-10-15(18)17(2)12-11-16(19)20-3/h5-8H,4,9-12H2,1-3H3. The van der Waals surface area contributed by atoms with E-state index in [0.29, 0.717) is 26.0 Å². The second-order valence-corrected chi connectivity index (χ2v) is 4.68. The third-order valence-electron chi connectivity index (χ3n) is 3.19. The van der Waals surface area contributed by atoms with E-state index in [-0.39, 0.29) is 18.3 Å². The van der Waals surface area contributed by atoms with E-state index in [2.05, 4.69) is 4.74 Å². The van der Waals surface area contributed by atoms with Crippen molar-refractivity contribution in [3.05, 3.63) is 29.8 Å². The van der Waals surface area contributed by atoms with E-state index in [1.54, 1.807) is 11.9 Å². The van der Waals surface area contributed by atoms with Crippen molar-refractivity contribution in [2.45, 2.75) is 26.2 Å². The number of rotatable bonds is 8. The third-order valence-corrected chi connectivity index (χ3v) is 3.19. The molecule has 0 aliphatic rings. The molecule has 0 bridgehead atoms. The number of ether oxygens (including phenoxy) is 2. The zero-order chi connectivity index (χ0) is 15.7. The number of para-hydroxylation sites is 1. The Morgan fingerprint density at radius 1 is 1.19 bits per heavy atom. The quantitative estimate of drug-likeness (QED) is 0.688. The molecule has 0 aliphatic carbocycles. The molecular weight excluding hydrogens is 270 g/mol. The van der Waals surface area contributed by atoms with Crippen molar-refractivity contribution in [3.63, 3.8) is 0 Å². The predicted octanol–water partition coefficient (Wildman–Crippen LogP) is 2.04. The summed E-state index contributed by atoms with van der Waals surface area (Å²) in [5.41, 5.74) is 1.02. The minimum atomic E-state index is -0.309. The van der Waals surface area contributed by atoms with Crippen molar-refractivity contribution < 1.29 is 19.1 Å². The van der Waals surface area contributed by atoms with Crippen LogP contribution in [0.5, 0.6) is 5.75 Å². The molecule has 0 spiro atoms. The molecule has 0 saturated carbocycles. The summed E-state index contributed by atoms with van der Waals surface area (Å²) in [4.78, 5) is 24.6. The molecule has 1 rings (SSSR count). The van der Waals surface area contributed by atoms with Gasteiger partial charge in [-0.25, -0.2) is 0 Å². The van der Waals surface area contributed by atoms with Crippen LogP contribution in [0.25, 0.3) is 0 Å². The number of aryl methyl sites for hydroxylation is 1. The largest absolute Gasteiger partial charge is 0.494 e. The van der Waals surface area contributed by atoms with Crippen molar-refractivity contribution in [1.29, 1.82) is 0 Å². The molecule has 0 atom stereocenters. The highest BCUT2D eigenvalue weighted by molar-refractivity contribution is 5.77. The van der Waals surface area contributed by atoms with Gasteiger partial charge in [0.05, 0.1) is 20.1 Å². The van der Waals surface area contributed by atoms with Crippen molar-refractivity contribution in [1.82, 2.24) is 4.90 Å². The van der Waals surface area contributed by atoms with Crippen molar-refractivity contribution in [3.8, 4) is 5.75 Å². The lowest BCUT2D eigenvalue weighted by Crippen LogP contribution is -2.29. The van der Waals surface area contributed by atoms with Crippen LogP contribution in [-0.2, 0) is 20.7 Å². The second kappa shape index (κ2) is 9.00. The van der Waals surface area contributed by atoms with Crippen LogP contribution in [0.3, 0.4) is 0 Å². The van der Waals surface area contributed by atoms with Crippen LogP contribution < -0.4 is 4.74 Å². The Morgan fingerprint density at radius 2 is 1.90 bits per heavy atom. The van der Waals surface area contributed by atoms with Crippen molar-refractivity contribution >= 4 is 11.9 Å². The maximum Gasteiger partial charge on any atom is 0.307 e. The van der Waals surface area contributed by atoms with E-state index < -0.39 is 0 Å². The first-order valence-corrected chi connectivity index (χ1v) is 7.10. The molecule has 0 N–H and O–H groups in total. The fourth-order valence-corrected chi connectivity index (χ4v) is 1.92. The molecule has 1 aromatic rings. The highest BCUT2D eigenvalue weighted by Crippen LogP contribution is 2.19. The number of nitrogens with zero attached hydrogens (tertiary/aromatic N) is 1. The summed E-state index contributed by atoms with van der Waals surface area (Å²) < 4.78 is 10.1. The van der Waals surface area contributed by atoms with Crippen LogP contribution in [0.4, 0.5) is 0 Å². The molecule has 0 aliphatic heterocycles. The first-order valence-electron chi connectivity index (χ1n) is 7.10. The van der Waals surface area contributed by atoms with Gasteiger partial charge < -0.3 is 14.4 Å². The Bertz CT molecular complexity index is 473. The van der Waals surface area contributed by atoms with Crippen LogP contribution in [0.2, 0.25) is 0 Å². The smallest absolute Gasteiger partial charge is 0.307 e. The SMILES string of the molecule is CCOc1ccccc1CCC(=O)N(C)CCC(=O)OC. The van der Waals surface area contributed by atoms with Gasteiger partial charge in [-0.05, 0) is 25.0 Å². The van der Waals surface area contributed by atoms with E-state index in [1.807, 2.05) is 31.2 Å². The second-order valence-electron chi connectivity index (χ2n) is 4.68. The molecular formula is C16H23NO4. The molecule has 0 fully saturated rings. The van der Waals surface area contributed by atoms with Gasteiger partial charge in [0.2, 0.25) is 5.91 Å². The first kappa shape index (κ1) is 17.0. The summed E-state index contributed by atoms with van der Waals surface area (Å²) in [6, 6.07) is 7.72. The number of amides is 1. The number of benzene rings is 1. The van der Waals surface area contributed by atoms with Gasteiger partial charge in [-0.3, -0.25) is 9.59 Å². The van der Waals surface area contributed by atoms with Gasteiger partial charge >= 0.3 is 5.97 Å². The van der Waals surface area contributed by atoms with E-state index in [0.717, 1.165) is 11.3 Å². The number of methoxy groups -OCH3 is 1. The minimum absolute atomic E-state index is 0.00482. The van der Waals surface area contributed by atoms with Gasteiger partial charge in [0, 0.05) is 20.0 Å². The van der Waals surface area contributed by atoms with Crippen molar-refractivity contribution in [2.75, 3.05) is 27.3 Å². The molecule has 116 valence electrons. The number of carbonyl (C=O) groups excluding carboxylic acids is 2. The molecule has 0 aromatic heterocycles. The van der Waals surface area contributed by atoms with Gasteiger partial charge in [0.1, 0.15) is 5.75 Å². The average molecular weight is 293 g/mol. The molecule has 0 unspecified atom stereocenters. The average Bonchev–Trinajstić information content (AvgIpc) is 2.51. The molecule has 1 amide bonds. The van der Waals surface area contributed by atoms with Crippen LogP contribution in [0.1, 0.15) is 25.3 Å². The zero-order valence-electron chi connectivity index (χ0n) is 12.9. The third kappa shape index (κ3) is 5.85. The number of carbonyl (C=O) groups is 2. The van der Waals surface area contributed by atoms with Gasteiger partial charge in [0.25, 0.3) is 0 Å². The topological polar surface area (TPSA) is 55.8 Å². The van der Waals surface area contributed by atoms with E-state index >= 15 is 0 Å². The maximum absolute atomic E-state index is 12.0. The summed E-state index contributed by atoms with van der Waals surface area (Å²) in [5.74, 6) is 0.520. The normalized spacial score (nSPS) is 10.0. The number of hydrogen-bond donors (Lipinski definition) is 0. The molecule has 1 aromatic carbocycles. The van der Waals surface area contributed by atoms with Crippen LogP contribution in [0, 0.1) is 0 Å². The zero-order valence-corrected chi connectivity index (χ0v) is 12.9. The van der Waals surface area contributed by atoms with E-state index in [9.17, 15) is 9.59 Å². The van der Waals surface area contributed by atoms with Crippen LogP contribution in [0.15, 0.2) is 24.3 Å². The molecule has 0 saturated heterocycles. The Balaban J connectivity index is 2.47. The van der Waals surface area contributed by atoms with Crippen LogP contribution >= 0.6 is 0 Å². The molecule has 21 heavy (non-hydrogen) atoms. The molecule has 0 heterocycles. The summed E-state index contributed by atoms with van der Waals surface area (Å²) in [6.07, 6.45) is 1.23. The maximum atomic E-state index is 12.0. The van der Waals surface area contributed by atoms with Gasteiger partial charge in [0.15, 0.2) is 0 Å². The Labute approximate surface area is 125 Å². The highest BCUT2D eigenvalue weighted by atomic mass is 16.5. The van der Waals surface area contributed by atoms with E-state index in [4.69, 9.17) is 4.74 Å². The summed E-state index contributed by atoms with van der Waals surface area (Å²) in [7, 11) is 3.04. The molecule has 5 nitrogen and oxygen atoms in total. The minimum Gasteiger partial charge on any atom is -0.494 e. The first-order chi connectivity index (χ1) is 10.1. The fraction of sp³-hybridized carbons (Fsp3) is 0.500. The Hall–Kier alpha value is -2.04. The molecule has 0 radical (unpaired) electrons. The highest BCUT2D eigenvalue weighted by Gasteiger charge is 2.12. The Kier molecular flexibility index (Phi) is 7.29. The van der Waals surface area contributed by atoms with Crippen LogP contribution in [-0.4, -0.2) is 44.1 Å². The van der Waals surface area contributed by atoms with Gasteiger partial charge in [-0.15, -0.1) is 0 Å². The summed E-state index contributed by atoms with van der Waals surface area (Å²) in [5, 5.41) is 0. The lowest BCUT2D eigenvalue weighted by Gasteiger charge is -2.17. The summed E-state index contributed by atoms with van der Waals surface area (Å²) >= 11 is 0. The summed E-state index contributed by atoms with van der Waals surface area (Å²) in [6.45, 7) is 2.91. The van der Waals surface area contributed by atoms with Gasteiger partial charge in [-0.1, -0.05) is 18.2 Å². The Morgan fingerprint density at radius 3 is 2.57 bits per heavy atom. The number of hydrogen-bond acceptors (Lipinski definition) is 4. The van der Waals surface area contributed by atoms with Crippen molar-refractivity contribution in [2.24, 2.45) is 0 Å². The lowest BCUT2D eigenvalue weighted by atomic mass is 10.1. The lowest BCUT2D eigenvalue weighted by molar-refractivity contribution is -0.141.